The number of nitrogens with zero attached hydrogens (tertiary/aromatic N) is 2. The highest BCUT2D eigenvalue weighted by atomic mass is 16.2. The fourth-order valence-corrected chi connectivity index (χ4v) is 2.35. The van der Waals surface area contributed by atoms with Gasteiger partial charge in [-0.05, 0) is 18.6 Å². The maximum atomic E-state index is 11.9. The van der Waals surface area contributed by atoms with E-state index in [2.05, 4.69) is 20.5 Å². The number of hydrazine groups is 1. The predicted octanol–water partition coefficient (Wildman–Crippen LogP) is -0.418. The molecule has 1 heterocycles. The van der Waals surface area contributed by atoms with Crippen LogP contribution in [0.2, 0.25) is 0 Å². The monoisotopic (exact) mass is 276 g/mol. The SMILES string of the molecule is [C-]#[N+]C([N+]#[C-])=c1c(=O)c(=O)c1=C1NNc2cc(C)ccc21. The largest absolute Gasteiger partial charge is 0.531 e. The average molecular weight is 276 g/mol. The van der Waals surface area contributed by atoms with Crippen molar-refractivity contribution in [3.63, 3.8) is 0 Å². The van der Waals surface area contributed by atoms with Crippen LogP contribution in [0.3, 0.4) is 0 Å². The number of nitrogens with one attached hydrogen (secondary N) is 2. The Morgan fingerprint density at radius 1 is 1.10 bits per heavy atom. The summed E-state index contributed by atoms with van der Waals surface area (Å²) in [5, 5.41) is 0.0137. The molecule has 0 bridgehead atoms. The minimum absolute atomic E-state index is 0.0947. The Labute approximate surface area is 119 Å². The molecule has 2 N–H and O–H groups in total. The van der Waals surface area contributed by atoms with E-state index in [1.54, 1.807) is 0 Å². The fourth-order valence-electron chi connectivity index (χ4n) is 2.35. The van der Waals surface area contributed by atoms with E-state index < -0.39 is 10.9 Å². The Morgan fingerprint density at radius 2 is 1.81 bits per heavy atom. The lowest BCUT2D eigenvalue weighted by molar-refractivity contribution is 1.10. The molecule has 0 atom stereocenters. The van der Waals surface area contributed by atoms with Crippen molar-refractivity contribution in [2.24, 2.45) is 0 Å². The normalized spacial score (nSPS) is 14.6. The van der Waals surface area contributed by atoms with E-state index in [4.69, 9.17) is 13.1 Å². The summed E-state index contributed by atoms with van der Waals surface area (Å²) in [7, 11) is 0. The zero-order valence-corrected chi connectivity index (χ0v) is 10.9. The Hall–Kier alpha value is -3.38. The Bertz CT molecular complexity index is 1040. The van der Waals surface area contributed by atoms with Crippen LogP contribution in [0.25, 0.3) is 21.2 Å². The van der Waals surface area contributed by atoms with Crippen molar-refractivity contribution < 1.29 is 0 Å². The van der Waals surface area contributed by atoms with Gasteiger partial charge >= 0.3 is 5.82 Å². The summed E-state index contributed by atoms with van der Waals surface area (Å²) in [5.41, 5.74) is 7.34. The third-order valence-electron chi connectivity index (χ3n) is 3.36. The Balaban J connectivity index is 2.47. The molecule has 3 rings (SSSR count). The van der Waals surface area contributed by atoms with Crippen molar-refractivity contribution in [3.8, 4) is 0 Å². The van der Waals surface area contributed by atoms with Gasteiger partial charge in [-0.25, -0.2) is 0 Å². The molecule has 0 saturated carbocycles. The highest BCUT2D eigenvalue weighted by Crippen LogP contribution is 2.26. The first-order valence-corrected chi connectivity index (χ1v) is 6.04. The van der Waals surface area contributed by atoms with Gasteiger partial charge in [0.15, 0.2) is 0 Å². The van der Waals surface area contributed by atoms with Crippen molar-refractivity contribution >= 4 is 17.2 Å². The second-order valence-corrected chi connectivity index (χ2v) is 4.63. The maximum Gasteiger partial charge on any atom is 0.531 e. The molecule has 6 heteroatoms. The topological polar surface area (TPSA) is 66.9 Å². The third kappa shape index (κ3) is 1.63. The number of rotatable bonds is 0. The maximum absolute atomic E-state index is 11.9. The fraction of sp³-hybridized carbons (Fsp3) is 0.0667. The number of aryl methyl sites for hydroxylation is 1. The summed E-state index contributed by atoms with van der Waals surface area (Å²) in [6.45, 7) is 15.8. The number of anilines is 1. The molecule has 2 aromatic rings. The van der Waals surface area contributed by atoms with E-state index >= 15 is 0 Å². The van der Waals surface area contributed by atoms with E-state index in [1.807, 2.05) is 25.1 Å². The number of hydrogen-bond donors (Lipinski definition) is 2. The van der Waals surface area contributed by atoms with Crippen LogP contribution >= 0.6 is 0 Å². The molecule has 100 valence electrons. The first-order chi connectivity index (χ1) is 10.1. The molecule has 1 aliphatic rings. The lowest BCUT2D eigenvalue weighted by Gasteiger charge is -2.00. The van der Waals surface area contributed by atoms with Gasteiger partial charge in [0.05, 0.1) is 16.6 Å². The van der Waals surface area contributed by atoms with Gasteiger partial charge in [-0.3, -0.25) is 15.0 Å². The average Bonchev–Trinajstić information content (AvgIpc) is 2.89. The molecule has 0 radical (unpaired) electrons. The van der Waals surface area contributed by atoms with E-state index in [-0.39, 0.29) is 16.3 Å². The van der Waals surface area contributed by atoms with Crippen LogP contribution in [0.5, 0.6) is 0 Å². The minimum atomic E-state index is -0.776. The Morgan fingerprint density at radius 3 is 2.48 bits per heavy atom. The molecule has 0 fully saturated rings. The molecule has 6 nitrogen and oxygen atoms in total. The van der Waals surface area contributed by atoms with E-state index in [1.165, 1.54) is 0 Å². The first-order valence-electron chi connectivity index (χ1n) is 6.04. The van der Waals surface area contributed by atoms with Crippen LogP contribution in [-0.4, -0.2) is 0 Å². The third-order valence-corrected chi connectivity index (χ3v) is 3.36. The number of hydrogen-bond acceptors (Lipinski definition) is 4. The van der Waals surface area contributed by atoms with E-state index in [0.29, 0.717) is 5.70 Å². The van der Waals surface area contributed by atoms with Crippen LogP contribution in [0.15, 0.2) is 27.8 Å². The zero-order chi connectivity index (χ0) is 15.1. The molecule has 0 aromatic heterocycles. The van der Waals surface area contributed by atoms with Gasteiger partial charge in [0.25, 0.3) is 0 Å². The van der Waals surface area contributed by atoms with Gasteiger partial charge in [-0.2, -0.15) is 9.69 Å². The molecule has 1 aliphatic heterocycles. The van der Waals surface area contributed by atoms with Gasteiger partial charge in [-0.15, -0.1) is 0 Å². The summed E-state index contributed by atoms with van der Waals surface area (Å²) in [5.74, 6) is -0.371. The summed E-state index contributed by atoms with van der Waals surface area (Å²) in [6.07, 6.45) is 0. The molecular weight excluding hydrogens is 268 g/mol. The molecule has 0 amide bonds. The lowest BCUT2D eigenvalue weighted by atomic mass is 10.0. The van der Waals surface area contributed by atoms with Gasteiger partial charge in [0.2, 0.25) is 10.9 Å². The van der Waals surface area contributed by atoms with Crippen molar-refractivity contribution in [1.82, 2.24) is 5.43 Å². The quantitative estimate of drug-likeness (QED) is 0.507. The lowest BCUT2D eigenvalue weighted by Crippen LogP contribution is -2.66. The highest BCUT2D eigenvalue weighted by Gasteiger charge is 2.25. The smallest absolute Gasteiger partial charge is 0.300 e. The van der Waals surface area contributed by atoms with Crippen LogP contribution in [0, 0.1) is 20.1 Å². The Kier molecular flexibility index (Phi) is 2.60. The number of benzene rings is 1. The van der Waals surface area contributed by atoms with E-state index in [0.717, 1.165) is 16.8 Å². The molecule has 0 saturated heterocycles. The van der Waals surface area contributed by atoms with Crippen molar-refractivity contribution in [3.05, 3.63) is 83.0 Å². The molecule has 0 unspecified atom stereocenters. The summed E-state index contributed by atoms with van der Waals surface area (Å²) < 4.78 is 0. The summed E-state index contributed by atoms with van der Waals surface area (Å²) in [6, 6.07) is 5.60. The zero-order valence-electron chi connectivity index (χ0n) is 10.9. The molecule has 21 heavy (non-hydrogen) atoms. The van der Waals surface area contributed by atoms with Crippen molar-refractivity contribution in [2.45, 2.75) is 6.92 Å². The van der Waals surface area contributed by atoms with Crippen molar-refractivity contribution in [1.29, 1.82) is 0 Å². The first kappa shape index (κ1) is 12.6. The van der Waals surface area contributed by atoms with Gasteiger partial charge in [0.1, 0.15) is 18.4 Å². The number of fused-ring (bicyclic) bond motifs is 1. The van der Waals surface area contributed by atoms with E-state index in [9.17, 15) is 9.59 Å². The van der Waals surface area contributed by atoms with Gasteiger partial charge in [-0.1, -0.05) is 12.1 Å². The van der Waals surface area contributed by atoms with Crippen LogP contribution < -0.4 is 32.1 Å². The van der Waals surface area contributed by atoms with Gasteiger partial charge in [0, 0.05) is 5.56 Å². The molecule has 0 aliphatic carbocycles. The molecular formula is C15H8N4O2. The standard InChI is InChI=1S/C15H8N4O2/c1-7-4-5-8-9(6-7)18-19-12(8)10-11(14(21)13(10)20)15(16-2)17-3/h4-6,18-19H,1H3. The van der Waals surface area contributed by atoms with Crippen molar-refractivity contribution in [2.75, 3.05) is 5.43 Å². The predicted molar refractivity (Wildman–Crippen MR) is 77.7 cm³/mol. The summed E-state index contributed by atoms with van der Waals surface area (Å²) in [4.78, 5) is 29.6. The molecule has 0 spiro atoms. The van der Waals surface area contributed by atoms with Crippen LogP contribution in [0.4, 0.5) is 5.69 Å². The van der Waals surface area contributed by atoms with Gasteiger partial charge < -0.3 is 5.43 Å². The minimum Gasteiger partial charge on any atom is -0.300 e. The summed E-state index contributed by atoms with van der Waals surface area (Å²) >= 11 is 0. The highest BCUT2D eigenvalue weighted by molar-refractivity contribution is 5.81. The van der Waals surface area contributed by atoms with Crippen LogP contribution in [-0.2, 0) is 0 Å². The second kappa shape index (κ2) is 4.32. The van der Waals surface area contributed by atoms with Crippen LogP contribution in [0.1, 0.15) is 11.1 Å². The molecule has 2 aromatic carbocycles. The second-order valence-electron chi connectivity index (χ2n) is 4.63.